The molecule has 0 saturated heterocycles. The molecule has 2 aromatic heterocycles. The van der Waals surface area contributed by atoms with Gasteiger partial charge in [-0.2, -0.15) is 13.2 Å². The van der Waals surface area contributed by atoms with Crippen LogP contribution < -0.4 is 0 Å². The van der Waals surface area contributed by atoms with Crippen molar-refractivity contribution >= 4 is 15.9 Å². The normalized spacial score (nSPS) is 11.6. The summed E-state index contributed by atoms with van der Waals surface area (Å²) in [5, 5.41) is 0.0646. The van der Waals surface area contributed by atoms with Crippen LogP contribution >= 0.6 is 15.9 Å². The summed E-state index contributed by atoms with van der Waals surface area (Å²) >= 11 is 3.01. The van der Waals surface area contributed by atoms with E-state index in [1.807, 2.05) is 0 Å². The molecule has 18 heavy (non-hydrogen) atoms. The summed E-state index contributed by atoms with van der Waals surface area (Å²) in [6.45, 7) is 0. The average molecular weight is 317 g/mol. The second-order valence-electron chi connectivity index (χ2n) is 3.59. The van der Waals surface area contributed by atoms with Crippen molar-refractivity contribution in [2.45, 2.75) is 11.5 Å². The number of pyridine rings is 2. The number of hydrogen-bond acceptors (Lipinski definition) is 2. The smallest absolute Gasteiger partial charge is 0.264 e. The highest BCUT2D eigenvalue weighted by molar-refractivity contribution is 9.08. The van der Waals surface area contributed by atoms with Crippen molar-refractivity contribution in [1.29, 1.82) is 0 Å². The molecule has 0 aromatic carbocycles. The minimum atomic E-state index is -4.41. The molecule has 2 rings (SSSR count). The van der Waals surface area contributed by atoms with Gasteiger partial charge in [0.05, 0.1) is 11.3 Å². The van der Waals surface area contributed by atoms with E-state index in [0.717, 1.165) is 6.07 Å². The Bertz CT molecular complexity index is 541. The van der Waals surface area contributed by atoms with Crippen LogP contribution in [-0.2, 0) is 11.5 Å². The number of aromatic nitrogens is 2. The highest BCUT2D eigenvalue weighted by Gasteiger charge is 2.34. The number of halogens is 4. The molecule has 0 unspecified atom stereocenters. The number of nitrogens with zero attached hydrogens (tertiary/aromatic N) is 2. The Morgan fingerprint density at radius 3 is 2.50 bits per heavy atom. The van der Waals surface area contributed by atoms with Crippen LogP contribution in [0.1, 0.15) is 11.3 Å². The Hall–Kier alpha value is -1.43. The summed E-state index contributed by atoms with van der Waals surface area (Å²) in [4.78, 5) is 7.72. The van der Waals surface area contributed by atoms with Gasteiger partial charge in [-0.1, -0.05) is 22.0 Å². The SMILES string of the molecule is FC(F)(F)c1cc(-c2cccnc2)cnc1CBr. The molecule has 2 heterocycles. The Morgan fingerprint density at radius 2 is 1.94 bits per heavy atom. The summed E-state index contributed by atoms with van der Waals surface area (Å²) in [6.07, 6.45) is 0.0800. The van der Waals surface area contributed by atoms with Gasteiger partial charge in [0.2, 0.25) is 0 Å². The molecule has 0 spiro atoms. The highest BCUT2D eigenvalue weighted by atomic mass is 79.9. The third kappa shape index (κ3) is 2.69. The topological polar surface area (TPSA) is 25.8 Å². The van der Waals surface area contributed by atoms with Crippen molar-refractivity contribution in [2.75, 3.05) is 0 Å². The molecule has 2 nitrogen and oxygen atoms in total. The van der Waals surface area contributed by atoms with Gasteiger partial charge < -0.3 is 0 Å². The van der Waals surface area contributed by atoms with E-state index in [9.17, 15) is 13.2 Å². The highest BCUT2D eigenvalue weighted by Crippen LogP contribution is 2.34. The molecule has 0 aliphatic heterocycles. The van der Waals surface area contributed by atoms with Gasteiger partial charge >= 0.3 is 6.18 Å². The fraction of sp³-hybridized carbons (Fsp3) is 0.167. The van der Waals surface area contributed by atoms with Crippen LogP contribution in [0.25, 0.3) is 11.1 Å². The molecular weight excluding hydrogens is 309 g/mol. The summed E-state index contributed by atoms with van der Waals surface area (Å²) in [6, 6.07) is 4.46. The van der Waals surface area contributed by atoms with Gasteiger partial charge in [-0.25, -0.2) is 0 Å². The first-order valence-corrected chi connectivity index (χ1v) is 6.17. The number of alkyl halides is 4. The molecule has 0 aliphatic rings. The van der Waals surface area contributed by atoms with Gasteiger partial charge in [0, 0.05) is 35.0 Å². The van der Waals surface area contributed by atoms with Crippen molar-refractivity contribution < 1.29 is 13.2 Å². The number of hydrogen-bond donors (Lipinski definition) is 0. The van der Waals surface area contributed by atoms with Gasteiger partial charge in [0.15, 0.2) is 0 Å². The van der Waals surface area contributed by atoms with Gasteiger partial charge in [-0.05, 0) is 12.1 Å². The molecule has 0 atom stereocenters. The molecule has 0 bridgehead atoms. The number of rotatable bonds is 2. The van der Waals surface area contributed by atoms with Crippen LogP contribution in [-0.4, -0.2) is 9.97 Å². The fourth-order valence-corrected chi connectivity index (χ4v) is 1.98. The predicted molar refractivity (Wildman–Crippen MR) is 65.1 cm³/mol. The average Bonchev–Trinajstić information content (AvgIpc) is 2.38. The fourth-order valence-electron chi connectivity index (χ4n) is 1.54. The molecule has 0 radical (unpaired) electrons. The van der Waals surface area contributed by atoms with E-state index in [2.05, 4.69) is 25.9 Å². The first-order chi connectivity index (χ1) is 8.52. The van der Waals surface area contributed by atoms with E-state index in [0.29, 0.717) is 11.1 Å². The molecule has 0 saturated carbocycles. The van der Waals surface area contributed by atoms with E-state index >= 15 is 0 Å². The molecule has 0 fully saturated rings. The van der Waals surface area contributed by atoms with Crippen molar-refractivity contribution in [3.8, 4) is 11.1 Å². The lowest BCUT2D eigenvalue weighted by Crippen LogP contribution is -2.10. The van der Waals surface area contributed by atoms with Crippen molar-refractivity contribution in [3.63, 3.8) is 0 Å². The first-order valence-electron chi connectivity index (χ1n) is 5.05. The Kier molecular flexibility index (Phi) is 3.65. The van der Waals surface area contributed by atoms with Crippen LogP contribution in [0, 0.1) is 0 Å². The standard InChI is InChI=1S/C12H8BrF3N2/c13-5-11-10(12(14,15)16)4-9(7-18-11)8-2-1-3-17-6-8/h1-4,6-7H,5H2. The molecular formula is C12H8BrF3N2. The van der Waals surface area contributed by atoms with Crippen molar-refractivity contribution in [3.05, 3.63) is 48.0 Å². The van der Waals surface area contributed by atoms with E-state index in [1.165, 1.54) is 12.4 Å². The molecule has 0 aliphatic carbocycles. The van der Waals surface area contributed by atoms with Gasteiger partial charge in [-0.3, -0.25) is 9.97 Å². The monoisotopic (exact) mass is 316 g/mol. The quantitative estimate of drug-likeness (QED) is 0.781. The van der Waals surface area contributed by atoms with Crippen molar-refractivity contribution in [2.24, 2.45) is 0 Å². The van der Waals surface area contributed by atoms with Crippen LogP contribution in [0.3, 0.4) is 0 Å². The zero-order valence-corrected chi connectivity index (χ0v) is 10.7. The predicted octanol–water partition coefficient (Wildman–Crippen LogP) is 4.06. The van der Waals surface area contributed by atoms with Crippen LogP contribution in [0.5, 0.6) is 0 Å². The summed E-state index contributed by atoms with van der Waals surface area (Å²) in [5.41, 5.74) is 0.271. The zero-order valence-electron chi connectivity index (χ0n) is 9.08. The summed E-state index contributed by atoms with van der Waals surface area (Å²) < 4.78 is 38.6. The largest absolute Gasteiger partial charge is 0.418 e. The van der Waals surface area contributed by atoms with Crippen molar-refractivity contribution in [1.82, 2.24) is 9.97 Å². The van der Waals surface area contributed by atoms with E-state index in [4.69, 9.17) is 0 Å². The minimum Gasteiger partial charge on any atom is -0.264 e. The lowest BCUT2D eigenvalue weighted by molar-refractivity contribution is -0.138. The third-order valence-electron chi connectivity index (χ3n) is 2.40. The van der Waals surface area contributed by atoms with E-state index in [1.54, 1.807) is 18.3 Å². The lowest BCUT2D eigenvalue weighted by atomic mass is 10.1. The maximum Gasteiger partial charge on any atom is 0.418 e. The second-order valence-corrected chi connectivity index (χ2v) is 4.15. The lowest BCUT2D eigenvalue weighted by Gasteiger charge is -2.12. The Balaban J connectivity index is 2.53. The van der Waals surface area contributed by atoms with E-state index < -0.39 is 11.7 Å². The molecule has 94 valence electrons. The van der Waals surface area contributed by atoms with Gasteiger partial charge in [0.25, 0.3) is 0 Å². The molecule has 6 heteroatoms. The molecule has 0 N–H and O–H groups in total. The minimum absolute atomic E-state index is 0.0184. The van der Waals surface area contributed by atoms with Crippen LogP contribution in [0.15, 0.2) is 36.8 Å². The summed E-state index contributed by atoms with van der Waals surface area (Å²) in [7, 11) is 0. The Labute approximate surface area is 110 Å². The van der Waals surface area contributed by atoms with Crippen LogP contribution in [0.4, 0.5) is 13.2 Å². The van der Waals surface area contributed by atoms with E-state index in [-0.39, 0.29) is 11.0 Å². The van der Waals surface area contributed by atoms with Gasteiger partial charge in [0.1, 0.15) is 0 Å². The van der Waals surface area contributed by atoms with Crippen LogP contribution in [0.2, 0.25) is 0 Å². The summed E-state index contributed by atoms with van der Waals surface area (Å²) in [5.74, 6) is 0. The zero-order chi connectivity index (χ0) is 13.2. The third-order valence-corrected chi connectivity index (χ3v) is 2.93. The molecule has 0 amide bonds. The maximum absolute atomic E-state index is 12.9. The molecule has 2 aromatic rings. The van der Waals surface area contributed by atoms with Gasteiger partial charge in [-0.15, -0.1) is 0 Å². The second kappa shape index (κ2) is 5.06. The Morgan fingerprint density at radius 1 is 1.17 bits per heavy atom. The maximum atomic E-state index is 12.9. The first kappa shape index (κ1) is 13.0.